The van der Waals surface area contributed by atoms with Crippen LogP contribution in [-0.2, 0) is 9.59 Å². The van der Waals surface area contributed by atoms with Gasteiger partial charge >= 0.3 is 0 Å². The van der Waals surface area contributed by atoms with Crippen LogP contribution in [0.1, 0.15) is 12.8 Å². The van der Waals surface area contributed by atoms with E-state index in [0.717, 1.165) is 59.5 Å². The minimum absolute atomic E-state index is 0.0648. The highest BCUT2D eigenvalue weighted by molar-refractivity contribution is 7.99. The third-order valence-corrected chi connectivity index (χ3v) is 7.48. The molecule has 0 saturated carbocycles. The fourth-order valence-corrected chi connectivity index (χ4v) is 5.76. The lowest BCUT2D eigenvalue weighted by Gasteiger charge is -2.32. The molecule has 158 valence electrons. The van der Waals surface area contributed by atoms with E-state index in [1.54, 1.807) is 11.8 Å². The molecule has 2 aliphatic heterocycles. The summed E-state index contributed by atoms with van der Waals surface area (Å²) in [7, 11) is 0. The normalized spacial score (nSPS) is 19.6. The smallest absolute Gasteiger partial charge is 0.239 e. The number of nitrogens with one attached hydrogen (secondary N) is 1. The van der Waals surface area contributed by atoms with Crippen molar-refractivity contribution in [3.63, 3.8) is 0 Å². The highest BCUT2D eigenvalue weighted by atomic mass is 32.2. The van der Waals surface area contributed by atoms with Crippen molar-refractivity contribution in [1.29, 1.82) is 0 Å². The zero-order valence-electron chi connectivity index (χ0n) is 17.0. The van der Waals surface area contributed by atoms with Crippen molar-refractivity contribution >= 4 is 41.0 Å². The predicted molar refractivity (Wildman–Crippen MR) is 124 cm³/mol. The fourth-order valence-electron chi connectivity index (χ4n) is 3.94. The van der Waals surface area contributed by atoms with Crippen LogP contribution in [0.2, 0.25) is 0 Å². The third kappa shape index (κ3) is 5.39. The van der Waals surface area contributed by atoms with Crippen LogP contribution in [0.5, 0.6) is 0 Å². The van der Waals surface area contributed by atoms with E-state index in [-0.39, 0.29) is 24.4 Å². The van der Waals surface area contributed by atoms with Crippen LogP contribution in [-0.4, -0.2) is 65.3 Å². The molecule has 2 aliphatic rings. The van der Waals surface area contributed by atoms with Crippen molar-refractivity contribution in [3.05, 3.63) is 54.6 Å². The Morgan fingerprint density at radius 1 is 1.00 bits per heavy atom. The number of thioether (sulfide) groups is 1. The van der Waals surface area contributed by atoms with E-state index < -0.39 is 0 Å². The van der Waals surface area contributed by atoms with Crippen LogP contribution >= 0.6 is 23.5 Å². The van der Waals surface area contributed by atoms with Crippen LogP contribution in [0.4, 0.5) is 5.69 Å². The summed E-state index contributed by atoms with van der Waals surface area (Å²) in [6.07, 6.45) is 1.81. The van der Waals surface area contributed by atoms with Gasteiger partial charge in [0.25, 0.3) is 0 Å². The summed E-state index contributed by atoms with van der Waals surface area (Å²) < 4.78 is 0. The number of rotatable bonds is 6. The summed E-state index contributed by atoms with van der Waals surface area (Å²) in [5, 5.41) is 3.07. The van der Waals surface area contributed by atoms with Gasteiger partial charge in [-0.25, -0.2) is 0 Å². The number of nitrogens with zero attached hydrogens (tertiary/aromatic N) is 2. The molecular formula is C23H27N3O2S2. The van der Waals surface area contributed by atoms with Crippen LogP contribution < -0.4 is 5.32 Å². The van der Waals surface area contributed by atoms with Crippen molar-refractivity contribution in [1.82, 2.24) is 9.80 Å². The average Bonchev–Trinajstić information content (AvgIpc) is 3.24. The van der Waals surface area contributed by atoms with Gasteiger partial charge in [0.2, 0.25) is 11.8 Å². The van der Waals surface area contributed by atoms with E-state index in [0.29, 0.717) is 0 Å². The zero-order chi connectivity index (χ0) is 20.8. The Kier molecular flexibility index (Phi) is 7.36. The average molecular weight is 442 g/mol. The summed E-state index contributed by atoms with van der Waals surface area (Å²) >= 11 is 3.53. The largest absolute Gasteiger partial charge is 0.340 e. The Morgan fingerprint density at radius 2 is 1.73 bits per heavy atom. The Morgan fingerprint density at radius 3 is 2.53 bits per heavy atom. The van der Waals surface area contributed by atoms with Gasteiger partial charge in [-0.3, -0.25) is 14.5 Å². The molecule has 0 spiro atoms. The number of benzene rings is 2. The van der Waals surface area contributed by atoms with Crippen molar-refractivity contribution in [2.45, 2.75) is 28.7 Å². The van der Waals surface area contributed by atoms with Gasteiger partial charge in [-0.05, 0) is 43.7 Å². The van der Waals surface area contributed by atoms with E-state index in [9.17, 15) is 9.59 Å². The topological polar surface area (TPSA) is 52.7 Å². The summed E-state index contributed by atoms with van der Waals surface area (Å²) in [4.78, 5) is 31.9. The fraction of sp³-hybridized carbons (Fsp3) is 0.391. The zero-order valence-corrected chi connectivity index (χ0v) is 18.6. The minimum atomic E-state index is -0.159. The molecule has 0 radical (unpaired) electrons. The first-order chi connectivity index (χ1) is 14.7. The monoisotopic (exact) mass is 441 g/mol. The Balaban J connectivity index is 1.38. The molecule has 2 aromatic rings. The molecule has 0 bridgehead atoms. The van der Waals surface area contributed by atoms with Crippen LogP contribution in [0.3, 0.4) is 0 Å². The molecule has 4 rings (SSSR count). The lowest BCUT2D eigenvalue weighted by molar-refractivity contribution is -0.136. The second-order valence-electron chi connectivity index (χ2n) is 7.53. The maximum Gasteiger partial charge on any atom is 0.239 e. The van der Waals surface area contributed by atoms with Gasteiger partial charge in [0.1, 0.15) is 0 Å². The lowest BCUT2D eigenvalue weighted by Crippen LogP contribution is -2.49. The number of carbonyl (C=O) groups is 2. The minimum Gasteiger partial charge on any atom is -0.340 e. The molecule has 2 saturated heterocycles. The summed E-state index contributed by atoms with van der Waals surface area (Å²) in [6, 6.07) is 17.8. The van der Waals surface area contributed by atoms with E-state index >= 15 is 0 Å². The number of anilines is 1. The van der Waals surface area contributed by atoms with Crippen molar-refractivity contribution < 1.29 is 9.59 Å². The molecule has 2 fully saturated rings. The van der Waals surface area contributed by atoms with Crippen LogP contribution in [0.25, 0.3) is 0 Å². The van der Waals surface area contributed by atoms with Crippen LogP contribution in [0, 0.1) is 0 Å². The molecular weight excluding hydrogens is 414 g/mol. The molecule has 2 amide bonds. The Hall–Kier alpha value is -1.96. The van der Waals surface area contributed by atoms with Crippen molar-refractivity contribution in [2.24, 2.45) is 0 Å². The quantitative estimate of drug-likeness (QED) is 0.739. The molecule has 5 nitrogen and oxygen atoms in total. The molecule has 7 heteroatoms. The van der Waals surface area contributed by atoms with E-state index in [4.69, 9.17) is 0 Å². The molecule has 2 heterocycles. The first-order valence-corrected chi connectivity index (χ1v) is 12.4. The predicted octanol–water partition coefficient (Wildman–Crippen LogP) is 3.82. The van der Waals surface area contributed by atoms with Gasteiger partial charge in [0.15, 0.2) is 0 Å². The van der Waals surface area contributed by atoms with Crippen molar-refractivity contribution in [3.8, 4) is 0 Å². The third-order valence-electron chi connectivity index (χ3n) is 5.45. The maximum atomic E-state index is 12.9. The Labute approximate surface area is 186 Å². The first-order valence-electron chi connectivity index (χ1n) is 10.4. The van der Waals surface area contributed by atoms with E-state index in [2.05, 4.69) is 17.4 Å². The number of hydrogen-bond donors (Lipinski definition) is 1. The molecule has 30 heavy (non-hydrogen) atoms. The maximum absolute atomic E-state index is 12.9. The molecule has 1 atom stereocenters. The SMILES string of the molecule is O=C(CN1CCCC1C(=O)N1CCSCC1)Nc1ccccc1Sc1ccccc1. The highest BCUT2D eigenvalue weighted by Crippen LogP contribution is 2.33. The molecule has 0 aromatic heterocycles. The number of hydrogen-bond acceptors (Lipinski definition) is 5. The number of carbonyl (C=O) groups excluding carboxylic acids is 2. The highest BCUT2D eigenvalue weighted by Gasteiger charge is 2.35. The van der Waals surface area contributed by atoms with Gasteiger partial charge in [0, 0.05) is 34.4 Å². The van der Waals surface area contributed by atoms with Gasteiger partial charge in [-0.1, -0.05) is 42.1 Å². The second kappa shape index (κ2) is 10.4. The lowest BCUT2D eigenvalue weighted by atomic mass is 10.2. The van der Waals surface area contributed by atoms with Gasteiger partial charge in [-0.2, -0.15) is 11.8 Å². The molecule has 1 N–H and O–H groups in total. The second-order valence-corrected chi connectivity index (χ2v) is 9.87. The standard InChI is InChI=1S/C23H27N3O2S2/c27-22(17-26-12-6-10-20(26)23(28)25-13-15-29-16-14-25)24-19-9-4-5-11-21(19)30-18-7-2-1-3-8-18/h1-5,7-9,11,20H,6,10,12-17H2,(H,24,27). The van der Waals surface area contributed by atoms with E-state index in [1.807, 2.05) is 64.0 Å². The Bertz CT molecular complexity index is 872. The first kappa shape index (κ1) is 21.3. The molecule has 0 aliphatic carbocycles. The summed E-state index contributed by atoms with van der Waals surface area (Å²) in [5.41, 5.74) is 0.812. The number of likely N-dealkylation sites (tertiary alicyclic amines) is 1. The summed E-state index contributed by atoms with van der Waals surface area (Å²) in [6.45, 7) is 2.70. The van der Waals surface area contributed by atoms with Crippen LogP contribution in [0.15, 0.2) is 64.4 Å². The van der Waals surface area contributed by atoms with Crippen molar-refractivity contribution in [2.75, 3.05) is 43.0 Å². The summed E-state index contributed by atoms with van der Waals surface area (Å²) in [5.74, 6) is 2.15. The van der Waals surface area contributed by atoms with Gasteiger partial charge < -0.3 is 10.2 Å². The molecule has 1 unspecified atom stereocenters. The van der Waals surface area contributed by atoms with Gasteiger partial charge in [0.05, 0.1) is 18.3 Å². The molecule has 2 aromatic carbocycles. The number of amides is 2. The van der Waals surface area contributed by atoms with E-state index in [1.165, 1.54) is 0 Å². The number of para-hydroxylation sites is 1. The van der Waals surface area contributed by atoms with Gasteiger partial charge in [-0.15, -0.1) is 0 Å².